The molecule has 7 heteroatoms. The summed E-state index contributed by atoms with van der Waals surface area (Å²) in [5.74, 6) is -0.279. The van der Waals surface area contributed by atoms with Gasteiger partial charge in [0.2, 0.25) is 0 Å². The Morgan fingerprint density at radius 1 is 0.697 bits per heavy atom. The average molecular weight is 441 g/mol. The Morgan fingerprint density at radius 2 is 1.27 bits per heavy atom. The molecule has 0 amide bonds. The molecule has 0 aromatic heterocycles. The van der Waals surface area contributed by atoms with Crippen LogP contribution in [0.3, 0.4) is 0 Å². The van der Waals surface area contributed by atoms with Gasteiger partial charge in [0, 0.05) is 18.2 Å². The van der Waals surface area contributed by atoms with E-state index in [2.05, 4.69) is 0 Å². The summed E-state index contributed by atoms with van der Waals surface area (Å²) in [5, 5.41) is 22.5. The molecule has 6 nitrogen and oxygen atoms in total. The van der Waals surface area contributed by atoms with Gasteiger partial charge >= 0.3 is 0 Å². The van der Waals surface area contributed by atoms with Crippen LogP contribution >= 0.6 is 0 Å². The largest absolute Gasteiger partial charge is 0.277 e. The molecule has 0 fully saturated rings. The van der Waals surface area contributed by atoms with Gasteiger partial charge in [0.25, 0.3) is 11.4 Å². The first-order chi connectivity index (χ1) is 15.9. The van der Waals surface area contributed by atoms with Crippen molar-refractivity contribution < 1.29 is 14.2 Å². The van der Waals surface area contributed by atoms with Gasteiger partial charge in [-0.05, 0) is 71.0 Å². The molecule has 4 aromatic rings. The molecule has 4 aromatic carbocycles. The van der Waals surface area contributed by atoms with Gasteiger partial charge in [-0.3, -0.25) is 20.2 Å². The lowest BCUT2D eigenvalue weighted by Gasteiger charge is -2.08. The molecule has 0 unspecified atom stereocenters. The van der Waals surface area contributed by atoms with E-state index in [1.54, 1.807) is 24.3 Å². The maximum Gasteiger partial charge on any atom is 0.277 e. The van der Waals surface area contributed by atoms with E-state index < -0.39 is 9.85 Å². The number of nitrogens with zero attached hydrogens (tertiary/aromatic N) is 2. The normalized spacial score (nSPS) is 10.7. The molecule has 0 spiro atoms. The van der Waals surface area contributed by atoms with Crippen LogP contribution in [0.2, 0.25) is 0 Å². The van der Waals surface area contributed by atoms with Gasteiger partial charge < -0.3 is 0 Å². The Kier molecular flexibility index (Phi) is 6.22. The van der Waals surface area contributed by atoms with Crippen molar-refractivity contribution in [3.8, 4) is 22.3 Å². The molecule has 163 valence electrons. The lowest BCUT2D eigenvalue weighted by atomic mass is 9.97. The fourth-order valence-corrected chi connectivity index (χ4v) is 3.54. The summed E-state index contributed by atoms with van der Waals surface area (Å²) in [7, 11) is 0. The number of benzene rings is 4. The molecule has 0 saturated carbocycles. The smallest absolute Gasteiger partial charge is 0.258 e. The van der Waals surface area contributed by atoms with Crippen LogP contribution in [-0.2, 0) is 6.42 Å². The molecular weight excluding hydrogens is 423 g/mol. The van der Waals surface area contributed by atoms with E-state index in [1.807, 2.05) is 30.7 Å². The predicted molar refractivity (Wildman–Crippen MR) is 124 cm³/mol. The monoisotopic (exact) mass is 441 g/mol. The minimum Gasteiger partial charge on any atom is -0.258 e. The Balaban J connectivity index is 1.49. The van der Waals surface area contributed by atoms with Gasteiger partial charge in [-0.2, -0.15) is 0 Å². The lowest BCUT2D eigenvalue weighted by molar-refractivity contribution is -0.385. The first kappa shape index (κ1) is 21.8. The van der Waals surface area contributed by atoms with Crippen LogP contribution in [0.15, 0.2) is 91.0 Å². The zero-order valence-electron chi connectivity index (χ0n) is 17.4. The molecule has 0 N–H and O–H groups in total. The topological polar surface area (TPSA) is 86.3 Å². The van der Waals surface area contributed by atoms with Crippen LogP contribution in [-0.4, -0.2) is 9.85 Å². The quantitative estimate of drug-likeness (QED) is 0.234. The van der Waals surface area contributed by atoms with Gasteiger partial charge in [0.15, 0.2) is 0 Å². The zero-order valence-corrected chi connectivity index (χ0v) is 17.4. The van der Waals surface area contributed by atoms with E-state index in [9.17, 15) is 24.6 Å². The van der Waals surface area contributed by atoms with E-state index in [-0.39, 0.29) is 17.2 Å². The minimum atomic E-state index is -0.511. The Morgan fingerprint density at radius 3 is 1.85 bits per heavy atom. The van der Waals surface area contributed by atoms with Crippen LogP contribution in [0.4, 0.5) is 15.8 Å². The highest BCUT2D eigenvalue weighted by atomic mass is 19.1. The van der Waals surface area contributed by atoms with Crippen molar-refractivity contribution in [2.75, 3.05) is 0 Å². The molecule has 33 heavy (non-hydrogen) atoms. The number of non-ortho nitro benzene ring substituents is 1. The summed E-state index contributed by atoms with van der Waals surface area (Å²) in [6.07, 6.45) is 2.48. The second-order valence-corrected chi connectivity index (χ2v) is 7.45. The molecule has 1 radical (unpaired) electrons. The van der Waals surface area contributed by atoms with E-state index >= 15 is 0 Å². The van der Waals surface area contributed by atoms with Crippen molar-refractivity contribution in [3.05, 3.63) is 135 Å². The molecule has 0 aliphatic carbocycles. The van der Waals surface area contributed by atoms with Crippen LogP contribution in [0.5, 0.6) is 0 Å². The molecular formula is C26H18FN2O4. The van der Waals surface area contributed by atoms with Crippen LogP contribution in [0.1, 0.15) is 11.1 Å². The zero-order chi connectivity index (χ0) is 23.4. The summed E-state index contributed by atoms with van der Waals surface area (Å²) in [5.41, 5.74) is 4.43. The molecule has 0 bridgehead atoms. The fraction of sp³-hybridized carbons (Fsp3) is 0.0385. The molecule has 0 aliphatic heterocycles. The van der Waals surface area contributed by atoms with E-state index in [4.69, 9.17) is 0 Å². The highest BCUT2D eigenvalue weighted by Gasteiger charge is 2.17. The maximum atomic E-state index is 13.1. The van der Waals surface area contributed by atoms with Gasteiger partial charge in [-0.25, -0.2) is 4.39 Å². The maximum absolute atomic E-state index is 13.1. The number of halogens is 1. The van der Waals surface area contributed by atoms with E-state index in [0.29, 0.717) is 23.1 Å². The van der Waals surface area contributed by atoms with E-state index in [0.717, 1.165) is 16.7 Å². The standard InChI is InChI=1S/C26H18FN2O4/c27-23-12-8-21(9-13-23)20-6-3-18(4-7-20)1-2-19-5-16-25(26(17-19)29(32)33)22-10-14-24(15-11-22)28(30)31/h2-17H,1H2. The van der Waals surface area contributed by atoms with Crippen molar-refractivity contribution in [3.63, 3.8) is 0 Å². The van der Waals surface area contributed by atoms with Crippen LogP contribution < -0.4 is 0 Å². The Bertz CT molecular complexity index is 1300. The minimum absolute atomic E-state index is 0.0655. The number of hydrogen-bond donors (Lipinski definition) is 0. The fourth-order valence-electron chi connectivity index (χ4n) is 3.54. The molecule has 0 heterocycles. The molecule has 4 rings (SSSR count). The van der Waals surface area contributed by atoms with Crippen molar-refractivity contribution in [2.24, 2.45) is 0 Å². The predicted octanol–water partition coefficient (Wildman–Crippen LogP) is 6.77. The number of rotatable bonds is 7. The van der Waals surface area contributed by atoms with Gasteiger partial charge in [-0.1, -0.05) is 42.5 Å². The number of nitro benzene ring substituents is 2. The Hall–Kier alpha value is -4.39. The van der Waals surface area contributed by atoms with Gasteiger partial charge in [0.05, 0.1) is 15.4 Å². The van der Waals surface area contributed by atoms with Crippen molar-refractivity contribution in [1.82, 2.24) is 0 Å². The van der Waals surface area contributed by atoms with E-state index in [1.165, 1.54) is 42.5 Å². The summed E-state index contributed by atoms with van der Waals surface area (Å²) < 4.78 is 13.1. The van der Waals surface area contributed by atoms with Gasteiger partial charge in [0.1, 0.15) is 5.82 Å². The summed E-state index contributed by atoms with van der Waals surface area (Å²) >= 11 is 0. The highest BCUT2D eigenvalue weighted by molar-refractivity contribution is 5.75. The van der Waals surface area contributed by atoms with Crippen LogP contribution in [0, 0.1) is 32.5 Å². The molecule has 0 aliphatic rings. The summed E-state index contributed by atoms with van der Waals surface area (Å²) in [6.45, 7) is 0. The third-order valence-electron chi connectivity index (χ3n) is 5.31. The highest BCUT2D eigenvalue weighted by Crippen LogP contribution is 2.32. The average Bonchev–Trinajstić information content (AvgIpc) is 2.83. The second-order valence-electron chi connectivity index (χ2n) is 7.45. The Labute approximate surface area is 189 Å². The van der Waals surface area contributed by atoms with Crippen molar-refractivity contribution >= 4 is 11.4 Å². The first-order valence-electron chi connectivity index (χ1n) is 10.1. The number of hydrogen-bond acceptors (Lipinski definition) is 4. The lowest BCUT2D eigenvalue weighted by Crippen LogP contribution is -1.96. The molecule has 0 saturated heterocycles. The SMILES string of the molecule is O=[N+]([O-])c1ccc(-c2ccc([CH]Cc3ccc(-c4ccc(F)cc4)cc3)cc2[N+](=O)[O-])cc1. The third-order valence-corrected chi connectivity index (χ3v) is 5.31. The summed E-state index contributed by atoms with van der Waals surface area (Å²) in [6, 6.07) is 24.8. The molecule has 0 atom stereocenters. The number of nitro groups is 2. The second kappa shape index (κ2) is 9.40. The van der Waals surface area contributed by atoms with Gasteiger partial charge in [-0.15, -0.1) is 0 Å². The first-order valence-corrected chi connectivity index (χ1v) is 10.1. The van der Waals surface area contributed by atoms with Crippen LogP contribution in [0.25, 0.3) is 22.3 Å². The van der Waals surface area contributed by atoms with Crippen molar-refractivity contribution in [2.45, 2.75) is 6.42 Å². The third kappa shape index (κ3) is 5.10. The summed E-state index contributed by atoms with van der Waals surface area (Å²) in [4.78, 5) is 21.5. The van der Waals surface area contributed by atoms with Crippen molar-refractivity contribution in [1.29, 1.82) is 0 Å².